The normalized spacial score (nSPS) is 19.2. The van der Waals surface area contributed by atoms with E-state index in [9.17, 15) is 4.79 Å². The number of carbonyl (C=O) groups is 1. The topological polar surface area (TPSA) is 45.7 Å². The maximum atomic E-state index is 12.6. The molecule has 2 saturated heterocycles. The molecule has 2 fully saturated rings. The molecule has 0 radical (unpaired) electrons. The Hall–Kier alpha value is -2.56. The van der Waals surface area contributed by atoms with Gasteiger partial charge in [0, 0.05) is 44.2 Å². The third-order valence-corrected chi connectivity index (χ3v) is 5.71. The second-order valence-electron chi connectivity index (χ2n) is 7.45. The van der Waals surface area contributed by atoms with Crippen molar-refractivity contribution in [3.05, 3.63) is 54.2 Å². The van der Waals surface area contributed by atoms with Crippen molar-refractivity contribution in [3.63, 3.8) is 0 Å². The van der Waals surface area contributed by atoms with Crippen LogP contribution in [0.3, 0.4) is 0 Å². The van der Waals surface area contributed by atoms with E-state index in [1.807, 2.05) is 41.4 Å². The highest BCUT2D eigenvalue weighted by Crippen LogP contribution is 2.42. The van der Waals surface area contributed by atoms with Crippen LogP contribution in [0.5, 0.6) is 5.75 Å². The van der Waals surface area contributed by atoms with Crippen LogP contribution >= 0.6 is 0 Å². The van der Waals surface area contributed by atoms with Gasteiger partial charge in [-0.05, 0) is 42.7 Å². The minimum Gasteiger partial charge on any atom is -0.497 e. The van der Waals surface area contributed by atoms with Crippen LogP contribution in [0.1, 0.15) is 24.8 Å². The molecule has 1 aromatic heterocycles. The van der Waals surface area contributed by atoms with Crippen LogP contribution in [-0.4, -0.2) is 42.5 Å². The van der Waals surface area contributed by atoms with E-state index in [-0.39, 0.29) is 11.3 Å². The predicted octanol–water partition coefficient (Wildman–Crippen LogP) is 3.11. The van der Waals surface area contributed by atoms with Crippen molar-refractivity contribution in [1.29, 1.82) is 0 Å². The number of methoxy groups -OCH3 is 1. The summed E-state index contributed by atoms with van der Waals surface area (Å²) in [5, 5.41) is 0. The Morgan fingerprint density at radius 2 is 2.00 bits per heavy atom. The van der Waals surface area contributed by atoms with E-state index in [1.165, 1.54) is 0 Å². The van der Waals surface area contributed by atoms with Crippen molar-refractivity contribution >= 4 is 11.7 Å². The lowest BCUT2D eigenvalue weighted by Gasteiger charge is -2.39. The van der Waals surface area contributed by atoms with Gasteiger partial charge in [-0.3, -0.25) is 4.79 Å². The lowest BCUT2D eigenvalue weighted by molar-refractivity contribution is -0.128. The number of hydrogen-bond donors (Lipinski definition) is 0. The molecule has 2 aromatic rings. The number of hydrogen-bond acceptors (Lipinski definition) is 4. The summed E-state index contributed by atoms with van der Waals surface area (Å²) in [7, 11) is 1.67. The van der Waals surface area contributed by atoms with Crippen LogP contribution in [0, 0.1) is 5.41 Å². The summed E-state index contributed by atoms with van der Waals surface area (Å²) in [6.45, 7) is 3.47. The first kappa shape index (κ1) is 16.9. The zero-order valence-corrected chi connectivity index (χ0v) is 15.2. The van der Waals surface area contributed by atoms with Crippen molar-refractivity contribution in [2.24, 2.45) is 5.41 Å². The van der Waals surface area contributed by atoms with E-state index in [1.54, 1.807) is 7.11 Å². The van der Waals surface area contributed by atoms with Gasteiger partial charge in [-0.2, -0.15) is 0 Å². The molecule has 3 heterocycles. The number of rotatable bonds is 4. The number of carbonyl (C=O) groups excluding carboxylic acids is 1. The average molecular weight is 351 g/mol. The monoisotopic (exact) mass is 351 g/mol. The first-order valence-corrected chi connectivity index (χ1v) is 9.24. The highest BCUT2D eigenvalue weighted by Gasteiger charge is 2.44. The maximum absolute atomic E-state index is 12.6. The molecule has 0 N–H and O–H groups in total. The second-order valence-corrected chi connectivity index (χ2v) is 7.45. The van der Waals surface area contributed by atoms with E-state index in [0.717, 1.165) is 49.6 Å². The number of pyridine rings is 1. The number of benzene rings is 1. The van der Waals surface area contributed by atoms with Gasteiger partial charge in [0.2, 0.25) is 5.91 Å². The van der Waals surface area contributed by atoms with Crippen LogP contribution < -0.4 is 9.64 Å². The van der Waals surface area contributed by atoms with Crippen LogP contribution in [0.15, 0.2) is 48.7 Å². The first-order chi connectivity index (χ1) is 12.7. The van der Waals surface area contributed by atoms with Gasteiger partial charge in [-0.15, -0.1) is 0 Å². The van der Waals surface area contributed by atoms with Gasteiger partial charge in [-0.25, -0.2) is 4.98 Å². The predicted molar refractivity (Wildman–Crippen MR) is 101 cm³/mol. The van der Waals surface area contributed by atoms with Crippen LogP contribution in [0.4, 0.5) is 5.82 Å². The molecule has 2 aliphatic heterocycles. The van der Waals surface area contributed by atoms with E-state index < -0.39 is 0 Å². The Kier molecular flexibility index (Phi) is 4.53. The lowest BCUT2D eigenvalue weighted by atomic mass is 9.77. The molecule has 4 rings (SSSR count). The van der Waals surface area contributed by atoms with Crippen molar-refractivity contribution < 1.29 is 9.53 Å². The molecule has 0 unspecified atom stereocenters. The third kappa shape index (κ3) is 3.39. The largest absolute Gasteiger partial charge is 0.497 e. The second kappa shape index (κ2) is 6.98. The van der Waals surface area contributed by atoms with Gasteiger partial charge >= 0.3 is 0 Å². The fraction of sp³-hybridized carbons (Fsp3) is 0.429. The minimum absolute atomic E-state index is 0.126. The van der Waals surface area contributed by atoms with Crippen LogP contribution in [-0.2, 0) is 11.3 Å². The summed E-state index contributed by atoms with van der Waals surface area (Å²) in [5.74, 6) is 2.16. The molecular weight excluding hydrogens is 326 g/mol. The molecule has 2 aliphatic rings. The molecule has 0 saturated carbocycles. The molecule has 0 aliphatic carbocycles. The Morgan fingerprint density at radius 1 is 1.15 bits per heavy atom. The van der Waals surface area contributed by atoms with E-state index in [4.69, 9.17) is 4.74 Å². The molecule has 1 aromatic carbocycles. The van der Waals surface area contributed by atoms with Gasteiger partial charge in [0.05, 0.1) is 7.11 Å². The van der Waals surface area contributed by atoms with Crippen LogP contribution in [0.25, 0.3) is 0 Å². The number of ether oxygens (including phenoxy) is 1. The highest BCUT2D eigenvalue weighted by atomic mass is 16.5. The summed E-state index contributed by atoms with van der Waals surface area (Å²) in [6, 6.07) is 14.0. The zero-order valence-electron chi connectivity index (χ0n) is 15.2. The minimum atomic E-state index is 0.126. The smallest absolute Gasteiger partial charge is 0.223 e. The Labute approximate surface area is 154 Å². The molecular formula is C21H25N3O2. The van der Waals surface area contributed by atoms with E-state index >= 15 is 0 Å². The Morgan fingerprint density at radius 3 is 2.73 bits per heavy atom. The summed E-state index contributed by atoms with van der Waals surface area (Å²) >= 11 is 0. The number of amides is 1. The number of anilines is 1. The summed E-state index contributed by atoms with van der Waals surface area (Å²) in [6.07, 6.45) is 4.61. The van der Waals surface area contributed by atoms with E-state index in [0.29, 0.717) is 13.0 Å². The van der Waals surface area contributed by atoms with Gasteiger partial charge in [0.25, 0.3) is 0 Å². The number of likely N-dealkylation sites (tertiary alicyclic amines) is 1. The van der Waals surface area contributed by atoms with Crippen molar-refractivity contribution in [1.82, 2.24) is 9.88 Å². The van der Waals surface area contributed by atoms with Crippen molar-refractivity contribution in [3.8, 4) is 5.75 Å². The molecule has 0 atom stereocenters. The van der Waals surface area contributed by atoms with Gasteiger partial charge in [0.1, 0.15) is 11.6 Å². The molecule has 5 nitrogen and oxygen atoms in total. The standard InChI is InChI=1S/C21H25N3O2/c1-26-18-6-4-5-17(13-18)15-24-16-21(14-20(24)25)8-11-23(12-9-21)19-7-2-3-10-22-19/h2-7,10,13H,8-9,11-12,14-16H2,1H3. The van der Waals surface area contributed by atoms with Crippen molar-refractivity contribution in [2.45, 2.75) is 25.8 Å². The summed E-state index contributed by atoms with van der Waals surface area (Å²) < 4.78 is 5.29. The number of piperidine rings is 1. The quantitative estimate of drug-likeness (QED) is 0.849. The zero-order chi connectivity index (χ0) is 18.0. The molecule has 26 heavy (non-hydrogen) atoms. The van der Waals surface area contributed by atoms with E-state index in [2.05, 4.69) is 22.0 Å². The SMILES string of the molecule is COc1cccc(CN2CC3(CCN(c4ccccn4)CC3)CC2=O)c1. The number of aromatic nitrogens is 1. The van der Waals surface area contributed by atoms with Gasteiger partial charge in [0.15, 0.2) is 0 Å². The molecule has 136 valence electrons. The first-order valence-electron chi connectivity index (χ1n) is 9.24. The summed E-state index contributed by atoms with van der Waals surface area (Å²) in [4.78, 5) is 21.4. The molecule has 5 heteroatoms. The van der Waals surface area contributed by atoms with Crippen LogP contribution in [0.2, 0.25) is 0 Å². The number of nitrogens with zero attached hydrogens (tertiary/aromatic N) is 3. The highest BCUT2D eigenvalue weighted by molar-refractivity contribution is 5.79. The fourth-order valence-corrected chi connectivity index (χ4v) is 4.20. The van der Waals surface area contributed by atoms with Crippen molar-refractivity contribution in [2.75, 3.05) is 31.6 Å². The lowest BCUT2D eigenvalue weighted by Crippen LogP contribution is -2.41. The maximum Gasteiger partial charge on any atom is 0.223 e. The molecule has 0 bridgehead atoms. The molecule has 1 spiro atoms. The Balaban J connectivity index is 1.40. The fourth-order valence-electron chi connectivity index (χ4n) is 4.20. The molecule has 1 amide bonds. The van der Waals surface area contributed by atoms with Gasteiger partial charge < -0.3 is 14.5 Å². The Bertz CT molecular complexity index is 770. The third-order valence-electron chi connectivity index (χ3n) is 5.71. The average Bonchev–Trinajstić information content (AvgIpc) is 2.98. The van der Waals surface area contributed by atoms with Gasteiger partial charge in [-0.1, -0.05) is 18.2 Å². The summed E-state index contributed by atoms with van der Waals surface area (Å²) in [5.41, 5.74) is 1.25.